The first-order chi connectivity index (χ1) is 10.5. The molecule has 0 amide bonds. The van der Waals surface area contributed by atoms with Crippen molar-refractivity contribution in [2.45, 2.75) is 5.92 Å². The maximum atomic E-state index is 14.1. The molecule has 0 aliphatic carbocycles. The van der Waals surface area contributed by atoms with Crippen molar-refractivity contribution in [3.8, 4) is 17.6 Å². The molecule has 0 saturated carbocycles. The highest BCUT2D eigenvalue weighted by molar-refractivity contribution is 5.57. The molecule has 0 fully saturated rings. The standard InChI is InChI=1S/C16H10F2N2O2/c17-11-2-1-3-12(18)15(11)14-9-5-4-8(21)6-13(9)22-16(20)10(14)7-19/h1-6,14,21H,20H2. The summed E-state index contributed by atoms with van der Waals surface area (Å²) in [6.45, 7) is 0. The van der Waals surface area contributed by atoms with Gasteiger partial charge in [0.2, 0.25) is 5.88 Å². The minimum atomic E-state index is -1.03. The van der Waals surface area contributed by atoms with E-state index in [1.54, 1.807) is 0 Å². The Bertz CT molecular complexity index is 820. The Morgan fingerprint density at radius 2 is 1.86 bits per heavy atom. The van der Waals surface area contributed by atoms with Crippen molar-refractivity contribution in [1.29, 1.82) is 5.26 Å². The van der Waals surface area contributed by atoms with Gasteiger partial charge in [-0.15, -0.1) is 0 Å². The molecule has 6 heteroatoms. The van der Waals surface area contributed by atoms with E-state index in [2.05, 4.69) is 0 Å². The van der Waals surface area contributed by atoms with E-state index < -0.39 is 17.6 Å². The number of aromatic hydroxyl groups is 1. The summed E-state index contributed by atoms with van der Waals surface area (Å²) in [5.74, 6) is -2.77. The summed E-state index contributed by atoms with van der Waals surface area (Å²) < 4.78 is 33.6. The van der Waals surface area contributed by atoms with Crippen molar-refractivity contribution < 1.29 is 18.6 Å². The predicted octanol–water partition coefficient (Wildman–Crippen LogP) is 2.89. The molecule has 0 spiro atoms. The van der Waals surface area contributed by atoms with E-state index in [1.807, 2.05) is 6.07 Å². The fourth-order valence-electron chi connectivity index (χ4n) is 2.53. The van der Waals surface area contributed by atoms with Gasteiger partial charge in [-0.1, -0.05) is 12.1 Å². The third-order valence-electron chi connectivity index (χ3n) is 3.49. The molecule has 22 heavy (non-hydrogen) atoms. The van der Waals surface area contributed by atoms with Crippen LogP contribution >= 0.6 is 0 Å². The Labute approximate surface area is 124 Å². The van der Waals surface area contributed by atoms with Crippen molar-refractivity contribution >= 4 is 0 Å². The third-order valence-corrected chi connectivity index (χ3v) is 3.49. The maximum Gasteiger partial charge on any atom is 0.205 e. The van der Waals surface area contributed by atoms with Crippen molar-refractivity contribution in [1.82, 2.24) is 0 Å². The fraction of sp³-hybridized carbons (Fsp3) is 0.0625. The van der Waals surface area contributed by atoms with E-state index in [9.17, 15) is 19.1 Å². The number of phenols is 1. The highest BCUT2D eigenvalue weighted by Gasteiger charge is 2.34. The minimum Gasteiger partial charge on any atom is -0.508 e. The van der Waals surface area contributed by atoms with Crippen LogP contribution in [0.3, 0.4) is 0 Å². The van der Waals surface area contributed by atoms with Crippen molar-refractivity contribution in [3.05, 3.63) is 70.6 Å². The molecule has 0 radical (unpaired) electrons. The van der Waals surface area contributed by atoms with Crippen LogP contribution in [0.5, 0.6) is 11.5 Å². The number of rotatable bonds is 1. The van der Waals surface area contributed by atoms with Gasteiger partial charge < -0.3 is 15.6 Å². The van der Waals surface area contributed by atoms with Gasteiger partial charge in [0.15, 0.2) is 0 Å². The summed E-state index contributed by atoms with van der Waals surface area (Å²) in [6, 6.07) is 9.39. The van der Waals surface area contributed by atoms with Gasteiger partial charge in [-0.25, -0.2) is 8.78 Å². The summed E-state index contributed by atoms with van der Waals surface area (Å²) >= 11 is 0. The van der Waals surface area contributed by atoms with Crippen LogP contribution < -0.4 is 10.5 Å². The molecule has 3 rings (SSSR count). The number of fused-ring (bicyclic) bond motifs is 1. The Morgan fingerprint density at radius 3 is 2.50 bits per heavy atom. The molecule has 3 N–H and O–H groups in total. The zero-order valence-electron chi connectivity index (χ0n) is 11.2. The van der Waals surface area contributed by atoms with Crippen LogP contribution in [0.15, 0.2) is 47.9 Å². The molecule has 1 heterocycles. The summed E-state index contributed by atoms with van der Waals surface area (Å²) in [7, 11) is 0. The van der Waals surface area contributed by atoms with Gasteiger partial charge in [0.25, 0.3) is 0 Å². The van der Waals surface area contributed by atoms with E-state index in [0.717, 1.165) is 12.1 Å². The highest BCUT2D eigenvalue weighted by Crippen LogP contribution is 2.44. The number of hydrogen-bond donors (Lipinski definition) is 2. The molecule has 1 aliphatic rings. The van der Waals surface area contributed by atoms with Gasteiger partial charge in [-0.3, -0.25) is 0 Å². The average molecular weight is 300 g/mol. The molecule has 1 atom stereocenters. The zero-order chi connectivity index (χ0) is 15.9. The van der Waals surface area contributed by atoms with Gasteiger partial charge in [0.05, 0.1) is 5.92 Å². The number of halogens is 2. The second kappa shape index (κ2) is 5.04. The van der Waals surface area contributed by atoms with Gasteiger partial charge in [0.1, 0.15) is 34.8 Å². The Kier molecular flexibility index (Phi) is 3.18. The number of ether oxygens (including phenoxy) is 1. The minimum absolute atomic E-state index is 0.0813. The lowest BCUT2D eigenvalue weighted by Gasteiger charge is -2.26. The Hall–Kier alpha value is -3.07. The predicted molar refractivity (Wildman–Crippen MR) is 73.8 cm³/mol. The fourth-order valence-corrected chi connectivity index (χ4v) is 2.53. The number of nitrogens with two attached hydrogens (primary N) is 1. The second-order valence-electron chi connectivity index (χ2n) is 4.78. The number of benzene rings is 2. The van der Waals surface area contributed by atoms with Gasteiger partial charge in [-0.05, 0) is 18.2 Å². The number of nitrogens with zero attached hydrogens (tertiary/aromatic N) is 1. The molecular formula is C16H10F2N2O2. The Morgan fingerprint density at radius 1 is 1.18 bits per heavy atom. The van der Waals surface area contributed by atoms with Crippen LogP contribution in [-0.2, 0) is 0 Å². The molecule has 2 aromatic rings. The lowest BCUT2D eigenvalue weighted by atomic mass is 9.83. The molecular weight excluding hydrogens is 290 g/mol. The lowest BCUT2D eigenvalue weighted by molar-refractivity contribution is 0.385. The summed E-state index contributed by atoms with van der Waals surface area (Å²) in [6.07, 6.45) is 0. The largest absolute Gasteiger partial charge is 0.508 e. The molecule has 1 aliphatic heterocycles. The number of nitriles is 1. The molecule has 4 nitrogen and oxygen atoms in total. The summed E-state index contributed by atoms with van der Waals surface area (Å²) in [4.78, 5) is 0. The smallest absolute Gasteiger partial charge is 0.205 e. The molecule has 110 valence electrons. The van der Waals surface area contributed by atoms with Crippen molar-refractivity contribution in [2.75, 3.05) is 0 Å². The van der Waals surface area contributed by atoms with E-state index in [0.29, 0.717) is 5.56 Å². The van der Waals surface area contributed by atoms with Crippen LogP contribution in [0.1, 0.15) is 17.0 Å². The van der Waals surface area contributed by atoms with Crippen LogP contribution in [0.2, 0.25) is 0 Å². The van der Waals surface area contributed by atoms with Crippen molar-refractivity contribution in [3.63, 3.8) is 0 Å². The van der Waals surface area contributed by atoms with Crippen LogP contribution in [0, 0.1) is 23.0 Å². The normalized spacial score (nSPS) is 16.7. The number of allylic oxidation sites excluding steroid dienone is 1. The monoisotopic (exact) mass is 300 g/mol. The lowest BCUT2D eigenvalue weighted by Crippen LogP contribution is -2.22. The number of hydrogen-bond acceptors (Lipinski definition) is 4. The van der Waals surface area contributed by atoms with Crippen LogP contribution in [-0.4, -0.2) is 5.11 Å². The molecule has 1 unspecified atom stereocenters. The van der Waals surface area contributed by atoms with Crippen molar-refractivity contribution in [2.24, 2.45) is 5.73 Å². The highest BCUT2D eigenvalue weighted by atomic mass is 19.1. The van der Waals surface area contributed by atoms with Crippen LogP contribution in [0.25, 0.3) is 0 Å². The first-order valence-corrected chi connectivity index (χ1v) is 6.37. The van der Waals surface area contributed by atoms with E-state index >= 15 is 0 Å². The second-order valence-corrected chi connectivity index (χ2v) is 4.78. The van der Waals surface area contributed by atoms with Gasteiger partial charge in [0, 0.05) is 17.2 Å². The average Bonchev–Trinajstić information content (AvgIpc) is 2.46. The molecule has 0 aromatic heterocycles. The first-order valence-electron chi connectivity index (χ1n) is 6.37. The van der Waals surface area contributed by atoms with Crippen LogP contribution in [0.4, 0.5) is 8.78 Å². The molecule has 2 aromatic carbocycles. The number of phenolic OH excluding ortho intramolecular Hbond substituents is 1. The van der Waals surface area contributed by atoms with Gasteiger partial charge >= 0.3 is 0 Å². The summed E-state index contributed by atoms with van der Waals surface area (Å²) in [5.41, 5.74) is 5.68. The van der Waals surface area contributed by atoms with E-state index in [-0.39, 0.29) is 28.5 Å². The maximum absolute atomic E-state index is 14.1. The van der Waals surface area contributed by atoms with E-state index in [4.69, 9.17) is 10.5 Å². The quantitative estimate of drug-likeness (QED) is 0.848. The molecule has 0 bridgehead atoms. The van der Waals surface area contributed by atoms with Gasteiger partial charge in [-0.2, -0.15) is 5.26 Å². The summed E-state index contributed by atoms with van der Waals surface area (Å²) in [5, 5.41) is 18.8. The Balaban J connectivity index is 2.31. The zero-order valence-corrected chi connectivity index (χ0v) is 11.2. The topological polar surface area (TPSA) is 79.3 Å². The third kappa shape index (κ3) is 2.04. The molecule has 0 saturated heterocycles. The first kappa shape index (κ1) is 13.9. The van der Waals surface area contributed by atoms with E-state index in [1.165, 1.54) is 24.3 Å². The SMILES string of the molecule is N#CC1=C(N)Oc2cc(O)ccc2C1c1c(F)cccc1F.